The van der Waals surface area contributed by atoms with Crippen molar-refractivity contribution in [2.24, 2.45) is 0 Å². The summed E-state index contributed by atoms with van der Waals surface area (Å²) in [5.41, 5.74) is 7.73. The molecule has 0 N–H and O–H groups in total. The number of para-hydroxylation sites is 1. The highest BCUT2D eigenvalue weighted by Crippen LogP contribution is 2.43. The van der Waals surface area contributed by atoms with Gasteiger partial charge in [-0.25, -0.2) is 15.0 Å². The van der Waals surface area contributed by atoms with Gasteiger partial charge in [0.05, 0.1) is 16.4 Å². The van der Waals surface area contributed by atoms with Crippen molar-refractivity contribution in [3.8, 4) is 39.9 Å². The van der Waals surface area contributed by atoms with Gasteiger partial charge in [-0.05, 0) is 74.8 Å². The Hall–Kier alpha value is -7.63. The minimum Gasteiger partial charge on any atom is -0.455 e. The van der Waals surface area contributed by atoms with Crippen LogP contribution in [0.3, 0.4) is 0 Å². The largest absolute Gasteiger partial charge is 0.455 e. The van der Waals surface area contributed by atoms with E-state index in [0.29, 0.717) is 17.5 Å². The highest BCUT2D eigenvalue weighted by molar-refractivity contribution is 6.27. The molecule has 3 heterocycles. The van der Waals surface area contributed by atoms with Gasteiger partial charge in [0.15, 0.2) is 17.5 Å². The van der Waals surface area contributed by atoms with E-state index in [1.165, 1.54) is 32.3 Å². The molecule has 0 radical (unpaired) electrons. The van der Waals surface area contributed by atoms with Crippen molar-refractivity contribution in [3.05, 3.63) is 182 Å². The first kappa shape index (κ1) is 30.8. The van der Waals surface area contributed by atoms with E-state index in [2.05, 4.69) is 126 Å². The van der Waals surface area contributed by atoms with Crippen LogP contribution in [-0.4, -0.2) is 19.5 Å². The molecule has 0 saturated heterocycles. The Morgan fingerprint density at radius 2 is 0.839 bits per heavy atom. The quantitative estimate of drug-likeness (QED) is 0.170. The maximum absolute atomic E-state index is 6.91. The van der Waals surface area contributed by atoms with Crippen molar-refractivity contribution in [2.45, 2.75) is 0 Å². The summed E-state index contributed by atoms with van der Waals surface area (Å²) in [7, 11) is 0. The molecule has 0 bridgehead atoms. The first-order valence-electron chi connectivity index (χ1n) is 18.9. The second-order valence-electron chi connectivity index (χ2n) is 14.4. The molecule has 0 saturated carbocycles. The van der Waals surface area contributed by atoms with Crippen molar-refractivity contribution in [1.29, 1.82) is 0 Å². The minimum atomic E-state index is 0.596. The zero-order valence-electron chi connectivity index (χ0n) is 30.0. The Bertz CT molecular complexity index is 3440. The SMILES string of the molecule is c1ccc(-c2nc(-c3ccccc3)nc(-c3ccc4c(c3)oc3c4ccc4c3c3ccccc3n4-c3ccc4c5ccccc5c5ccccc5c4c3)n2)cc1. The summed E-state index contributed by atoms with van der Waals surface area (Å²) in [5, 5.41) is 11.9. The lowest BCUT2D eigenvalue weighted by molar-refractivity contribution is 0.673. The molecule has 0 aliphatic carbocycles. The lowest BCUT2D eigenvalue weighted by atomic mass is 9.94. The van der Waals surface area contributed by atoms with Gasteiger partial charge in [0.25, 0.3) is 0 Å². The summed E-state index contributed by atoms with van der Waals surface area (Å²) in [6.45, 7) is 0. The number of benzene rings is 9. The number of fused-ring (bicyclic) bond motifs is 13. The fourth-order valence-electron chi connectivity index (χ4n) is 8.68. The summed E-state index contributed by atoms with van der Waals surface area (Å²) in [4.78, 5) is 14.8. The Morgan fingerprint density at radius 3 is 1.48 bits per heavy atom. The van der Waals surface area contributed by atoms with E-state index in [4.69, 9.17) is 19.4 Å². The van der Waals surface area contributed by atoms with E-state index in [1.54, 1.807) is 0 Å². The molecule has 0 amide bonds. The molecule has 3 aromatic heterocycles. The lowest BCUT2D eigenvalue weighted by Gasteiger charge is -2.13. The van der Waals surface area contributed by atoms with Gasteiger partial charge >= 0.3 is 0 Å². The predicted molar refractivity (Wildman–Crippen MR) is 230 cm³/mol. The molecule has 0 unspecified atom stereocenters. The van der Waals surface area contributed by atoms with Crippen LogP contribution < -0.4 is 0 Å². The maximum Gasteiger partial charge on any atom is 0.164 e. The zero-order valence-corrected chi connectivity index (χ0v) is 30.0. The Labute approximate surface area is 320 Å². The van der Waals surface area contributed by atoms with Gasteiger partial charge in [0.2, 0.25) is 0 Å². The van der Waals surface area contributed by atoms with Crippen molar-refractivity contribution in [2.75, 3.05) is 0 Å². The van der Waals surface area contributed by atoms with Gasteiger partial charge in [-0.1, -0.05) is 140 Å². The fraction of sp³-hybridized carbons (Fsp3) is 0. The minimum absolute atomic E-state index is 0.596. The van der Waals surface area contributed by atoms with E-state index in [-0.39, 0.29) is 0 Å². The molecular weight excluding hydrogens is 685 g/mol. The molecule has 5 nitrogen and oxygen atoms in total. The van der Waals surface area contributed by atoms with E-state index >= 15 is 0 Å². The van der Waals surface area contributed by atoms with Gasteiger partial charge in [0, 0.05) is 38.5 Å². The monoisotopic (exact) mass is 714 g/mol. The number of aromatic nitrogens is 4. The van der Waals surface area contributed by atoms with Crippen LogP contribution in [0.25, 0.3) is 116 Å². The summed E-state index contributed by atoms with van der Waals surface area (Å²) in [6, 6.07) is 63.9. The van der Waals surface area contributed by atoms with Gasteiger partial charge in [-0.3, -0.25) is 0 Å². The molecule has 9 aromatic carbocycles. The summed E-state index contributed by atoms with van der Waals surface area (Å²) < 4.78 is 9.29. The molecule has 12 aromatic rings. The first-order chi connectivity index (χ1) is 27.8. The molecule has 56 heavy (non-hydrogen) atoms. The fourth-order valence-corrected chi connectivity index (χ4v) is 8.68. The van der Waals surface area contributed by atoms with Crippen LogP contribution in [0.5, 0.6) is 0 Å². The molecule has 260 valence electrons. The molecule has 0 spiro atoms. The van der Waals surface area contributed by atoms with Gasteiger partial charge in [0.1, 0.15) is 11.2 Å². The highest BCUT2D eigenvalue weighted by atomic mass is 16.3. The second kappa shape index (κ2) is 11.9. The normalized spacial score (nSPS) is 11.9. The third-order valence-corrected chi connectivity index (χ3v) is 11.2. The van der Waals surface area contributed by atoms with Gasteiger partial charge < -0.3 is 8.98 Å². The van der Waals surface area contributed by atoms with Crippen LogP contribution >= 0.6 is 0 Å². The lowest BCUT2D eigenvalue weighted by Crippen LogP contribution is -2.00. The smallest absolute Gasteiger partial charge is 0.164 e. The molecule has 0 fully saturated rings. The maximum atomic E-state index is 6.91. The van der Waals surface area contributed by atoms with E-state index in [9.17, 15) is 0 Å². The molecular formula is C51H30N4O. The van der Waals surface area contributed by atoms with E-state index < -0.39 is 0 Å². The van der Waals surface area contributed by atoms with Crippen molar-refractivity contribution >= 4 is 76.1 Å². The van der Waals surface area contributed by atoms with Crippen molar-refractivity contribution < 1.29 is 4.42 Å². The Balaban J connectivity index is 1.06. The Morgan fingerprint density at radius 1 is 0.339 bits per heavy atom. The Kier molecular flexibility index (Phi) is 6.56. The van der Waals surface area contributed by atoms with Crippen LogP contribution in [0.2, 0.25) is 0 Å². The zero-order chi connectivity index (χ0) is 36.7. The number of hydrogen-bond donors (Lipinski definition) is 0. The molecule has 0 aliphatic heterocycles. The van der Waals surface area contributed by atoms with E-state index in [1.807, 2.05) is 60.7 Å². The average Bonchev–Trinajstić information content (AvgIpc) is 3.82. The second-order valence-corrected chi connectivity index (χ2v) is 14.4. The topological polar surface area (TPSA) is 56.7 Å². The average molecular weight is 715 g/mol. The predicted octanol–water partition coefficient (Wildman–Crippen LogP) is 13.3. The van der Waals surface area contributed by atoms with Gasteiger partial charge in [-0.15, -0.1) is 0 Å². The molecule has 0 aliphatic rings. The number of nitrogens with zero attached hydrogens (tertiary/aromatic N) is 4. The molecule has 12 rings (SSSR count). The number of furan rings is 1. The summed E-state index contributed by atoms with van der Waals surface area (Å²) >= 11 is 0. The van der Waals surface area contributed by atoms with Crippen LogP contribution in [0.1, 0.15) is 0 Å². The van der Waals surface area contributed by atoms with Crippen LogP contribution in [-0.2, 0) is 0 Å². The van der Waals surface area contributed by atoms with Crippen LogP contribution in [0.15, 0.2) is 186 Å². The van der Waals surface area contributed by atoms with Crippen molar-refractivity contribution in [1.82, 2.24) is 19.5 Å². The van der Waals surface area contributed by atoms with Crippen molar-refractivity contribution in [3.63, 3.8) is 0 Å². The standard InChI is InChI=1S/C51H30N4O/c1-3-13-31(14-4-1)49-52-50(32-15-5-2-6-16-32)54-51(53-49)33-23-25-40-41-27-28-45-47(48(41)56-46(40)29-33)42-21-11-12-22-44(42)55(45)34-24-26-39-37-19-8-7-17-35(37)36-18-9-10-20-38(36)43(39)30-34/h1-30H. The van der Waals surface area contributed by atoms with Crippen LogP contribution in [0, 0.1) is 0 Å². The van der Waals surface area contributed by atoms with Gasteiger partial charge in [-0.2, -0.15) is 0 Å². The third-order valence-electron chi connectivity index (χ3n) is 11.2. The molecule has 0 atom stereocenters. The first-order valence-corrected chi connectivity index (χ1v) is 18.9. The molecule has 5 heteroatoms. The van der Waals surface area contributed by atoms with Crippen LogP contribution in [0.4, 0.5) is 0 Å². The third kappa shape index (κ3) is 4.58. The number of rotatable bonds is 4. The summed E-state index contributed by atoms with van der Waals surface area (Å²) in [6.07, 6.45) is 0. The summed E-state index contributed by atoms with van der Waals surface area (Å²) in [5.74, 6) is 1.85. The number of hydrogen-bond acceptors (Lipinski definition) is 4. The van der Waals surface area contributed by atoms with E-state index in [0.717, 1.165) is 66.1 Å². The highest BCUT2D eigenvalue weighted by Gasteiger charge is 2.20.